The SMILES string of the molecule is CS(=O)(=O)ON1C(=O)c2ccc(Oc3ccc4c(c3)C(=O)N(OS(C)(=O)=O)C4=O)cc2C1=O. The highest BCUT2D eigenvalue weighted by molar-refractivity contribution is 7.86. The molecule has 0 bridgehead atoms. The van der Waals surface area contributed by atoms with Crippen LogP contribution in [0.3, 0.4) is 0 Å². The molecule has 2 heterocycles. The van der Waals surface area contributed by atoms with E-state index in [0.29, 0.717) is 12.5 Å². The number of hydroxylamine groups is 4. The monoisotopic (exact) mass is 496 g/mol. The van der Waals surface area contributed by atoms with E-state index in [4.69, 9.17) is 4.74 Å². The van der Waals surface area contributed by atoms with Crippen LogP contribution < -0.4 is 4.74 Å². The van der Waals surface area contributed by atoms with Crippen molar-refractivity contribution in [1.82, 2.24) is 10.1 Å². The Morgan fingerprint density at radius 2 is 0.909 bits per heavy atom. The number of benzene rings is 2. The first kappa shape index (κ1) is 22.5. The molecule has 33 heavy (non-hydrogen) atoms. The fraction of sp³-hybridized carbons (Fsp3) is 0.111. The highest BCUT2D eigenvalue weighted by Gasteiger charge is 2.41. The number of hydrogen-bond acceptors (Lipinski definition) is 11. The molecule has 4 rings (SSSR count). The minimum absolute atomic E-state index is 0.0390. The summed E-state index contributed by atoms with van der Waals surface area (Å²) in [5, 5.41) is 0.222. The van der Waals surface area contributed by atoms with E-state index >= 15 is 0 Å². The Balaban J connectivity index is 1.60. The molecule has 0 aromatic heterocycles. The lowest BCUT2D eigenvalue weighted by atomic mass is 10.1. The highest BCUT2D eigenvalue weighted by atomic mass is 32.2. The Hall–Kier alpha value is -3.66. The Morgan fingerprint density at radius 1 is 0.576 bits per heavy atom. The molecule has 0 saturated heterocycles. The fourth-order valence-electron chi connectivity index (χ4n) is 3.06. The van der Waals surface area contributed by atoms with Crippen molar-refractivity contribution in [3.05, 3.63) is 58.7 Å². The Morgan fingerprint density at radius 3 is 1.24 bits per heavy atom. The van der Waals surface area contributed by atoms with Crippen LogP contribution in [0, 0.1) is 0 Å². The van der Waals surface area contributed by atoms with E-state index in [0.717, 1.165) is 0 Å². The average molecular weight is 496 g/mol. The largest absolute Gasteiger partial charge is 0.457 e. The van der Waals surface area contributed by atoms with Crippen LogP contribution in [0.1, 0.15) is 41.4 Å². The molecule has 0 radical (unpaired) electrons. The second kappa shape index (κ2) is 7.45. The minimum Gasteiger partial charge on any atom is -0.457 e. The molecular weight excluding hydrogens is 484 g/mol. The van der Waals surface area contributed by atoms with E-state index in [9.17, 15) is 36.0 Å². The molecule has 13 nitrogen and oxygen atoms in total. The van der Waals surface area contributed by atoms with Crippen molar-refractivity contribution in [1.29, 1.82) is 0 Å². The Kier molecular flexibility index (Phi) is 5.08. The standard InChI is InChI=1S/C18H12N2O11S2/c1-32(25,26)30-19-15(21)11-5-3-9(7-13(11)17(19)23)29-10-4-6-12-14(8-10)18(24)20(16(12)22)31-33(2,27)28/h3-8H,1-2H3. The van der Waals surface area contributed by atoms with Crippen LogP contribution in [0.15, 0.2) is 36.4 Å². The molecule has 2 aliphatic heterocycles. The topological polar surface area (TPSA) is 171 Å². The highest BCUT2D eigenvalue weighted by Crippen LogP contribution is 2.33. The fourth-order valence-corrected chi connectivity index (χ4v) is 3.88. The average Bonchev–Trinajstić information content (AvgIpc) is 3.06. The molecule has 0 saturated carbocycles. The third-order valence-electron chi connectivity index (χ3n) is 4.30. The van der Waals surface area contributed by atoms with Gasteiger partial charge in [-0.05, 0) is 36.4 Å². The summed E-state index contributed by atoms with van der Waals surface area (Å²) in [7, 11) is -8.28. The minimum atomic E-state index is -4.14. The van der Waals surface area contributed by atoms with Crippen LogP contribution in [0.5, 0.6) is 11.5 Å². The predicted molar refractivity (Wildman–Crippen MR) is 106 cm³/mol. The van der Waals surface area contributed by atoms with Gasteiger partial charge in [0.2, 0.25) is 0 Å². The lowest BCUT2D eigenvalue weighted by molar-refractivity contribution is -0.0102. The summed E-state index contributed by atoms with van der Waals surface area (Å²) in [6.45, 7) is 0. The summed E-state index contributed by atoms with van der Waals surface area (Å²) >= 11 is 0. The van der Waals surface area contributed by atoms with Crippen molar-refractivity contribution >= 4 is 43.9 Å². The van der Waals surface area contributed by atoms with Crippen LogP contribution in [0.25, 0.3) is 0 Å². The second-order valence-corrected chi connectivity index (χ2v) is 10.00. The van der Waals surface area contributed by atoms with Gasteiger partial charge in [0.1, 0.15) is 11.5 Å². The van der Waals surface area contributed by atoms with Crippen LogP contribution in [-0.2, 0) is 28.8 Å². The van der Waals surface area contributed by atoms with Gasteiger partial charge in [-0.15, -0.1) is 18.7 Å². The van der Waals surface area contributed by atoms with Gasteiger partial charge in [0, 0.05) is 0 Å². The van der Waals surface area contributed by atoms with Gasteiger partial charge < -0.3 is 4.74 Å². The first-order valence-corrected chi connectivity index (χ1v) is 12.4. The number of imide groups is 2. The summed E-state index contributed by atoms with van der Waals surface area (Å²) in [5.41, 5.74) is -0.582. The molecular formula is C18H12N2O11S2. The van der Waals surface area contributed by atoms with Crippen molar-refractivity contribution < 1.29 is 49.3 Å². The Bertz CT molecular complexity index is 1370. The smallest absolute Gasteiger partial charge is 0.287 e. The molecule has 2 aliphatic rings. The van der Waals surface area contributed by atoms with E-state index in [1.54, 1.807) is 0 Å². The van der Waals surface area contributed by atoms with Gasteiger partial charge in [-0.25, -0.2) is 0 Å². The molecule has 0 atom stereocenters. The molecule has 4 amide bonds. The van der Waals surface area contributed by atoms with Crippen LogP contribution in [0.2, 0.25) is 0 Å². The first-order valence-electron chi connectivity index (χ1n) is 8.78. The summed E-state index contributed by atoms with van der Waals surface area (Å²) in [6.07, 6.45) is 1.35. The zero-order valence-electron chi connectivity index (χ0n) is 16.7. The summed E-state index contributed by atoms with van der Waals surface area (Å²) in [5.74, 6) is -3.91. The van der Waals surface area contributed by atoms with E-state index in [1.807, 2.05) is 0 Å². The summed E-state index contributed by atoms with van der Waals surface area (Å²) < 4.78 is 59.6. The van der Waals surface area contributed by atoms with E-state index in [1.165, 1.54) is 36.4 Å². The van der Waals surface area contributed by atoms with Crippen LogP contribution in [-0.4, -0.2) is 63.1 Å². The van der Waals surface area contributed by atoms with E-state index in [-0.39, 0.29) is 43.9 Å². The van der Waals surface area contributed by atoms with Gasteiger partial charge in [0.25, 0.3) is 43.9 Å². The van der Waals surface area contributed by atoms with Gasteiger partial charge in [-0.1, -0.05) is 0 Å². The maximum atomic E-state index is 12.4. The number of amides is 4. The normalized spacial score (nSPS) is 15.8. The van der Waals surface area contributed by atoms with Gasteiger partial charge in [0.15, 0.2) is 0 Å². The Labute approximate surface area is 186 Å². The lowest BCUT2D eigenvalue weighted by Gasteiger charge is -2.10. The number of rotatable bonds is 6. The number of nitrogens with zero attached hydrogens (tertiary/aromatic N) is 2. The molecule has 0 unspecified atom stereocenters. The van der Waals surface area contributed by atoms with Crippen molar-refractivity contribution in [3.63, 3.8) is 0 Å². The molecule has 0 spiro atoms. The molecule has 2 aromatic rings. The number of carbonyl (C=O) groups is 4. The molecule has 2 aromatic carbocycles. The molecule has 0 aliphatic carbocycles. The number of ether oxygens (including phenoxy) is 1. The summed E-state index contributed by atoms with van der Waals surface area (Å²) in [6, 6.07) is 7.40. The zero-order valence-corrected chi connectivity index (χ0v) is 18.3. The van der Waals surface area contributed by atoms with Gasteiger partial charge in [-0.2, -0.15) is 16.8 Å². The number of hydrogen-bond donors (Lipinski definition) is 0. The first-order chi connectivity index (χ1) is 15.2. The third-order valence-corrected chi connectivity index (χ3v) is 5.14. The quantitative estimate of drug-likeness (QED) is 0.509. The maximum Gasteiger partial charge on any atom is 0.287 e. The molecule has 172 valence electrons. The number of fused-ring (bicyclic) bond motifs is 2. The van der Waals surface area contributed by atoms with Gasteiger partial charge in [0.05, 0.1) is 34.8 Å². The van der Waals surface area contributed by atoms with E-state index < -0.39 is 43.9 Å². The molecule has 15 heteroatoms. The van der Waals surface area contributed by atoms with Crippen molar-refractivity contribution in [2.45, 2.75) is 0 Å². The van der Waals surface area contributed by atoms with E-state index in [2.05, 4.69) is 8.57 Å². The molecule has 0 fully saturated rings. The van der Waals surface area contributed by atoms with Crippen molar-refractivity contribution in [2.24, 2.45) is 0 Å². The van der Waals surface area contributed by atoms with Crippen molar-refractivity contribution in [3.8, 4) is 11.5 Å². The van der Waals surface area contributed by atoms with Gasteiger partial charge in [-0.3, -0.25) is 19.2 Å². The third kappa shape index (κ3) is 4.21. The van der Waals surface area contributed by atoms with Crippen LogP contribution in [0.4, 0.5) is 0 Å². The van der Waals surface area contributed by atoms with Crippen LogP contribution >= 0.6 is 0 Å². The lowest BCUT2D eigenvalue weighted by Crippen LogP contribution is -2.32. The van der Waals surface area contributed by atoms with Gasteiger partial charge >= 0.3 is 0 Å². The second-order valence-electron chi connectivity index (χ2n) is 6.88. The number of carbonyl (C=O) groups excluding carboxylic acids is 4. The van der Waals surface area contributed by atoms with Crippen molar-refractivity contribution in [2.75, 3.05) is 12.5 Å². The predicted octanol–water partition coefficient (Wildman–Crippen LogP) is 0.453. The zero-order chi connectivity index (χ0) is 24.3. The summed E-state index contributed by atoms with van der Waals surface area (Å²) in [4.78, 5) is 49.2. The maximum absolute atomic E-state index is 12.4. The molecule has 0 N–H and O–H groups in total.